The van der Waals surface area contributed by atoms with Gasteiger partial charge in [-0.1, -0.05) is 19.3 Å². The number of carbonyl (C=O) groups excluding carboxylic acids is 2. The number of hydrogen-bond acceptors (Lipinski definition) is 5. The van der Waals surface area contributed by atoms with Gasteiger partial charge in [0.25, 0.3) is 5.91 Å². The molecule has 1 saturated carbocycles. The van der Waals surface area contributed by atoms with Crippen LogP contribution in [0.5, 0.6) is 0 Å². The molecule has 26 heavy (non-hydrogen) atoms. The van der Waals surface area contributed by atoms with Gasteiger partial charge >= 0.3 is 0 Å². The van der Waals surface area contributed by atoms with Gasteiger partial charge in [-0.15, -0.1) is 0 Å². The molecule has 2 amide bonds. The second kappa shape index (κ2) is 10.5. The first-order valence-corrected chi connectivity index (χ1v) is 9.89. The Labute approximate surface area is 167 Å². The minimum atomic E-state index is -0.606. The van der Waals surface area contributed by atoms with E-state index in [9.17, 15) is 9.59 Å². The summed E-state index contributed by atoms with van der Waals surface area (Å²) >= 11 is 2.13. The monoisotopic (exact) mass is 472 g/mol. The number of nitrogens with zero attached hydrogens (tertiary/aromatic N) is 1. The Morgan fingerprint density at radius 3 is 2.77 bits per heavy atom. The van der Waals surface area contributed by atoms with Crippen LogP contribution in [0, 0.1) is 9.49 Å². The molecule has 0 bridgehead atoms. The van der Waals surface area contributed by atoms with Crippen molar-refractivity contribution in [1.82, 2.24) is 15.8 Å². The molecule has 0 unspecified atom stereocenters. The molecule has 1 aromatic heterocycles. The van der Waals surface area contributed by atoms with E-state index in [1.807, 2.05) is 13.0 Å². The Bertz CT molecular complexity index is 660. The first-order valence-electron chi connectivity index (χ1n) is 8.81. The van der Waals surface area contributed by atoms with Crippen LogP contribution in [0.2, 0.25) is 0 Å². The van der Waals surface area contributed by atoms with E-state index >= 15 is 0 Å². The Kier molecular flexibility index (Phi) is 8.30. The van der Waals surface area contributed by atoms with Crippen molar-refractivity contribution >= 4 is 46.3 Å². The van der Waals surface area contributed by atoms with Crippen LogP contribution in [0.15, 0.2) is 18.3 Å². The number of hydroxylamine groups is 1. The number of hydrogen-bond donors (Lipinski definition) is 4. The summed E-state index contributed by atoms with van der Waals surface area (Å²) in [6.07, 6.45) is 10.6. The predicted molar refractivity (Wildman–Crippen MR) is 109 cm³/mol. The highest BCUT2D eigenvalue weighted by atomic mass is 127. The summed E-state index contributed by atoms with van der Waals surface area (Å²) in [5.41, 5.74) is 2.25. The molecule has 1 aromatic rings. The standard InChI is InChI=1S/C18H25IN4O3/c1-12(18(25)21-10-13-5-3-2-4-6-13)22-17-15(19)9-14(11-20-17)7-8-16(24)23-26/h7-9,11-13,26H,2-6,10H2,1H3,(H,20,22)(H,21,25)(H,23,24)/b8-7+/t12-/m1/s1. The van der Waals surface area contributed by atoms with Crippen LogP contribution < -0.4 is 16.1 Å². The first kappa shape index (κ1) is 20.6. The van der Waals surface area contributed by atoms with Crippen LogP contribution in [0.1, 0.15) is 44.6 Å². The summed E-state index contributed by atoms with van der Waals surface area (Å²) in [5.74, 6) is 0.581. The number of amides is 2. The molecular formula is C18H25IN4O3. The number of nitrogens with one attached hydrogen (secondary N) is 3. The number of pyridine rings is 1. The normalized spacial score (nSPS) is 16.3. The average molecular weight is 472 g/mol. The van der Waals surface area contributed by atoms with Gasteiger partial charge in [0.15, 0.2) is 0 Å². The van der Waals surface area contributed by atoms with E-state index < -0.39 is 5.91 Å². The zero-order valence-electron chi connectivity index (χ0n) is 14.8. The Hall–Kier alpha value is -1.68. The van der Waals surface area contributed by atoms with Gasteiger partial charge < -0.3 is 10.6 Å². The third-order valence-corrected chi connectivity index (χ3v) is 5.26. The Morgan fingerprint density at radius 2 is 2.12 bits per heavy atom. The van der Waals surface area contributed by atoms with Crippen molar-refractivity contribution < 1.29 is 14.8 Å². The zero-order valence-corrected chi connectivity index (χ0v) is 17.0. The van der Waals surface area contributed by atoms with Crippen LogP contribution >= 0.6 is 22.6 Å². The van der Waals surface area contributed by atoms with Gasteiger partial charge in [0.1, 0.15) is 11.9 Å². The number of aromatic nitrogens is 1. The van der Waals surface area contributed by atoms with Crippen molar-refractivity contribution in [1.29, 1.82) is 0 Å². The average Bonchev–Trinajstić information content (AvgIpc) is 2.66. The lowest BCUT2D eigenvalue weighted by molar-refractivity contribution is -0.124. The van der Waals surface area contributed by atoms with Crippen molar-refractivity contribution in [2.24, 2.45) is 5.92 Å². The molecule has 1 fully saturated rings. The van der Waals surface area contributed by atoms with Crippen LogP contribution in [0.25, 0.3) is 6.08 Å². The lowest BCUT2D eigenvalue weighted by Crippen LogP contribution is -2.40. The molecule has 0 spiro atoms. The van der Waals surface area contributed by atoms with Crippen molar-refractivity contribution in [2.75, 3.05) is 11.9 Å². The third-order valence-electron chi connectivity index (χ3n) is 4.44. The van der Waals surface area contributed by atoms with Gasteiger partial charge in [0.05, 0.1) is 3.57 Å². The number of halogens is 1. The van der Waals surface area contributed by atoms with Gasteiger partial charge in [-0.3, -0.25) is 14.8 Å². The summed E-state index contributed by atoms with van der Waals surface area (Å²) in [6, 6.07) is 1.45. The molecule has 1 aliphatic rings. The highest BCUT2D eigenvalue weighted by Gasteiger charge is 2.18. The molecule has 8 heteroatoms. The molecule has 1 aliphatic carbocycles. The Morgan fingerprint density at radius 1 is 1.38 bits per heavy atom. The number of rotatable bonds is 7. The fourth-order valence-corrected chi connectivity index (χ4v) is 3.57. The SMILES string of the molecule is C[C@@H](Nc1ncc(/C=C/C(=O)NO)cc1I)C(=O)NCC1CCCCC1. The fraction of sp³-hybridized carbons (Fsp3) is 0.500. The van der Waals surface area contributed by atoms with Gasteiger partial charge in [-0.05, 0) is 66.0 Å². The van der Waals surface area contributed by atoms with Crippen LogP contribution in [-0.2, 0) is 9.59 Å². The maximum atomic E-state index is 12.3. The van der Waals surface area contributed by atoms with Crippen molar-refractivity contribution in [2.45, 2.75) is 45.1 Å². The molecule has 0 radical (unpaired) electrons. The first-order chi connectivity index (χ1) is 12.5. The molecule has 1 atom stereocenters. The Balaban J connectivity index is 1.87. The summed E-state index contributed by atoms with van der Waals surface area (Å²) < 4.78 is 0.834. The van der Waals surface area contributed by atoms with Crippen LogP contribution in [0.4, 0.5) is 5.82 Å². The molecule has 142 valence electrons. The quantitative estimate of drug-likeness (QED) is 0.212. The topological polar surface area (TPSA) is 103 Å². The van der Waals surface area contributed by atoms with Crippen molar-refractivity contribution in [3.63, 3.8) is 0 Å². The molecule has 2 rings (SSSR count). The maximum Gasteiger partial charge on any atom is 0.267 e. The van der Waals surface area contributed by atoms with E-state index in [1.165, 1.54) is 43.7 Å². The van der Waals surface area contributed by atoms with Crippen LogP contribution in [-0.4, -0.2) is 34.6 Å². The second-order valence-corrected chi connectivity index (χ2v) is 7.69. The minimum Gasteiger partial charge on any atom is -0.358 e. The number of anilines is 1. The minimum absolute atomic E-state index is 0.0308. The maximum absolute atomic E-state index is 12.3. The molecule has 1 heterocycles. The molecule has 0 aromatic carbocycles. The fourth-order valence-electron chi connectivity index (χ4n) is 2.92. The molecule has 0 aliphatic heterocycles. The zero-order chi connectivity index (χ0) is 18.9. The third kappa shape index (κ3) is 6.56. The summed E-state index contributed by atoms with van der Waals surface area (Å²) in [4.78, 5) is 27.6. The van der Waals surface area contributed by atoms with Gasteiger partial charge in [-0.2, -0.15) is 0 Å². The van der Waals surface area contributed by atoms with Gasteiger partial charge in [0.2, 0.25) is 5.91 Å². The van der Waals surface area contributed by atoms with E-state index in [1.54, 1.807) is 12.3 Å². The molecule has 4 N–H and O–H groups in total. The van der Waals surface area contributed by atoms with E-state index in [-0.39, 0.29) is 11.9 Å². The summed E-state index contributed by atoms with van der Waals surface area (Å²) in [6.45, 7) is 2.55. The van der Waals surface area contributed by atoms with Crippen molar-refractivity contribution in [3.8, 4) is 0 Å². The van der Waals surface area contributed by atoms with Gasteiger partial charge in [0, 0.05) is 18.8 Å². The van der Waals surface area contributed by atoms with E-state index in [0.717, 1.165) is 15.7 Å². The highest BCUT2D eigenvalue weighted by molar-refractivity contribution is 14.1. The van der Waals surface area contributed by atoms with Gasteiger partial charge in [-0.25, -0.2) is 10.5 Å². The number of carbonyl (C=O) groups is 2. The predicted octanol–water partition coefficient (Wildman–Crippen LogP) is 2.70. The van der Waals surface area contributed by atoms with E-state index in [4.69, 9.17) is 5.21 Å². The highest BCUT2D eigenvalue weighted by Crippen LogP contribution is 2.23. The van der Waals surface area contributed by atoms with E-state index in [0.29, 0.717) is 11.7 Å². The summed E-state index contributed by atoms with van der Waals surface area (Å²) in [5, 5.41) is 14.6. The molecule has 7 nitrogen and oxygen atoms in total. The lowest BCUT2D eigenvalue weighted by Gasteiger charge is -2.23. The molecule has 0 saturated heterocycles. The molecular weight excluding hydrogens is 447 g/mol. The van der Waals surface area contributed by atoms with E-state index in [2.05, 4.69) is 38.2 Å². The smallest absolute Gasteiger partial charge is 0.267 e. The lowest BCUT2D eigenvalue weighted by atomic mass is 9.89. The second-order valence-electron chi connectivity index (χ2n) is 6.52. The van der Waals surface area contributed by atoms with Crippen LogP contribution in [0.3, 0.4) is 0 Å². The summed E-state index contributed by atoms with van der Waals surface area (Å²) in [7, 11) is 0. The van der Waals surface area contributed by atoms with Crippen molar-refractivity contribution in [3.05, 3.63) is 27.5 Å². The largest absolute Gasteiger partial charge is 0.358 e.